The van der Waals surface area contributed by atoms with Gasteiger partial charge in [0.1, 0.15) is 5.69 Å². The number of halogens is 1. The van der Waals surface area contributed by atoms with Gasteiger partial charge in [0, 0.05) is 37.1 Å². The second-order valence-electron chi connectivity index (χ2n) is 6.18. The molecule has 0 saturated carbocycles. The predicted molar refractivity (Wildman–Crippen MR) is 93.4 cm³/mol. The molecular formula is C18H20ClN3O2. The van der Waals surface area contributed by atoms with E-state index in [1.54, 1.807) is 7.05 Å². The van der Waals surface area contributed by atoms with Crippen LogP contribution >= 0.6 is 11.6 Å². The molecule has 1 aromatic carbocycles. The molecule has 2 aromatic rings. The van der Waals surface area contributed by atoms with Crippen LogP contribution in [0.4, 0.5) is 0 Å². The summed E-state index contributed by atoms with van der Waals surface area (Å²) in [5.41, 5.74) is 1.29. The average Bonchev–Trinajstić information content (AvgIpc) is 2.83. The molecule has 0 N–H and O–H groups in total. The van der Waals surface area contributed by atoms with Crippen LogP contribution in [0.3, 0.4) is 0 Å². The summed E-state index contributed by atoms with van der Waals surface area (Å²) in [7, 11) is 1.55. The molecule has 1 amide bonds. The van der Waals surface area contributed by atoms with Gasteiger partial charge in [-0.15, -0.1) is 0 Å². The summed E-state index contributed by atoms with van der Waals surface area (Å²) in [6.45, 7) is 1.37. The molecule has 3 rings (SSSR count). The molecule has 2 heterocycles. The first-order valence-electron chi connectivity index (χ1n) is 8.13. The Morgan fingerprint density at radius 3 is 2.62 bits per heavy atom. The van der Waals surface area contributed by atoms with E-state index in [0.29, 0.717) is 24.7 Å². The van der Waals surface area contributed by atoms with Crippen LogP contribution in [0.2, 0.25) is 5.02 Å². The average molecular weight is 346 g/mol. The third kappa shape index (κ3) is 3.67. The maximum absolute atomic E-state index is 12.8. The van der Waals surface area contributed by atoms with Crippen molar-refractivity contribution in [1.82, 2.24) is 14.7 Å². The Labute approximate surface area is 145 Å². The van der Waals surface area contributed by atoms with Gasteiger partial charge in [0.2, 0.25) is 0 Å². The number of aromatic nitrogens is 2. The van der Waals surface area contributed by atoms with Gasteiger partial charge in [-0.05, 0) is 36.6 Å². The molecule has 1 saturated heterocycles. The Hall–Kier alpha value is -2.14. The third-order valence-corrected chi connectivity index (χ3v) is 4.73. The summed E-state index contributed by atoms with van der Waals surface area (Å²) in [5, 5.41) is 4.80. The van der Waals surface area contributed by atoms with Crippen molar-refractivity contribution in [3.63, 3.8) is 0 Å². The number of carbonyl (C=O) groups is 1. The Morgan fingerprint density at radius 1 is 1.17 bits per heavy atom. The maximum atomic E-state index is 12.8. The van der Waals surface area contributed by atoms with Gasteiger partial charge in [0.25, 0.3) is 11.5 Å². The first kappa shape index (κ1) is 16.7. The Bertz CT molecular complexity index is 786. The van der Waals surface area contributed by atoms with Crippen LogP contribution in [0.15, 0.2) is 41.2 Å². The van der Waals surface area contributed by atoms with Crippen LogP contribution < -0.4 is 5.56 Å². The van der Waals surface area contributed by atoms with Gasteiger partial charge in [-0.1, -0.05) is 30.2 Å². The molecule has 24 heavy (non-hydrogen) atoms. The summed E-state index contributed by atoms with van der Waals surface area (Å²) in [6.07, 6.45) is 3.10. The number of rotatable bonds is 2. The molecule has 1 unspecified atom stereocenters. The monoisotopic (exact) mass is 345 g/mol. The lowest BCUT2D eigenvalue weighted by Gasteiger charge is -2.24. The minimum Gasteiger partial charge on any atom is -0.337 e. The fourth-order valence-corrected chi connectivity index (χ4v) is 3.24. The molecular weight excluding hydrogens is 326 g/mol. The highest BCUT2D eigenvalue weighted by Gasteiger charge is 2.25. The molecule has 1 atom stereocenters. The van der Waals surface area contributed by atoms with E-state index < -0.39 is 0 Å². The molecule has 0 aliphatic carbocycles. The lowest BCUT2D eigenvalue weighted by atomic mass is 9.94. The summed E-state index contributed by atoms with van der Waals surface area (Å²) in [5.74, 6) is 0.174. The standard InChI is InChI=1S/C18H20ClN3O2/c1-21-17(23)10-9-16(20-21)18(24)22-11-3-2-4-14(12-22)13-5-7-15(19)8-6-13/h5-10,14H,2-4,11-12H2,1H3. The zero-order chi connectivity index (χ0) is 17.1. The second-order valence-corrected chi connectivity index (χ2v) is 6.61. The number of carbonyl (C=O) groups excluding carboxylic acids is 1. The highest BCUT2D eigenvalue weighted by molar-refractivity contribution is 6.30. The van der Waals surface area contributed by atoms with Crippen LogP contribution in [0, 0.1) is 0 Å². The number of amides is 1. The molecule has 126 valence electrons. The fraction of sp³-hybridized carbons (Fsp3) is 0.389. The third-order valence-electron chi connectivity index (χ3n) is 4.48. The molecule has 6 heteroatoms. The lowest BCUT2D eigenvalue weighted by Crippen LogP contribution is -2.36. The van der Waals surface area contributed by atoms with Crippen molar-refractivity contribution in [1.29, 1.82) is 0 Å². The van der Waals surface area contributed by atoms with Crippen molar-refractivity contribution in [2.45, 2.75) is 25.2 Å². The van der Waals surface area contributed by atoms with Gasteiger partial charge in [0.15, 0.2) is 0 Å². The first-order chi connectivity index (χ1) is 11.5. The van der Waals surface area contributed by atoms with E-state index in [2.05, 4.69) is 5.10 Å². The molecule has 1 aliphatic heterocycles. The van der Waals surface area contributed by atoms with Crippen LogP contribution in [0.5, 0.6) is 0 Å². The molecule has 0 radical (unpaired) electrons. The minimum atomic E-state index is -0.221. The highest BCUT2D eigenvalue weighted by Crippen LogP contribution is 2.28. The number of hydrogen-bond donors (Lipinski definition) is 0. The number of aryl methyl sites for hydroxylation is 1. The van der Waals surface area contributed by atoms with Gasteiger partial charge in [-0.25, -0.2) is 4.68 Å². The predicted octanol–water partition coefficient (Wildman–Crippen LogP) is 2.84. The fourth-order valence-electron chi connectivity index (χ4n) is 3.11. The maximum Gasteiger partial charge on any atom is 0.274 e. The van der Waals surface area contributed by atoms with Gasteiger partial charge < -0.3 is 4.90 Å². The van der Waals surface area contributed by atoms with Crippen molar-refractivity contribution in [2.24, 2.45) is 7.05 Å². The zero-order valence-electron chi connectivity index (χ0n) is 13.6. The van der Waals surface area contributed by atoms with Crippen molar-refractivity contribution < 1.29 is 4.79 Å². The van der Waals surface area contributed by atoms with Crippen molar-refractivity contribution in [3.05, 3.63) is 63.0 Å². The van der Waals surface area contributed by atoms with E-state index in [4.69, 9.17) is 11.6 Å². The molecule has 1 aliphatic rings. The molecule has 0 spiro atoms. The largest absolute Gasteiger partial charge is 0.337 e. The van der Waals surface area contributed by atoms with E-state index in [9.17, 15) is 9.59 Å². The van der Waals surface area contributed by atoms with Gasteiger partial charge in [-0.3, -0.25) is 9.59 Å². The highest BCUT2D eigenvalue weighted by atomic mass is 35.5. The van der Waals surface area contributed by atoms with E-state index in [1.165, 1.54) is 22.4 Å². The molecule has 5 nitrogen and oxygen atoms in total. The van der Waals surface area contributed by atoms with E-state index >= 15 is 0 Å². The smallest absolute Gasteiger partial charge is 0.274 e. The number of likely N-dealkylation sites (tertiary alicyclic amines) is 1. The van der Waals surface area contributed by atoms with E-state index in [-0.39, 0.29) is 11.5 Å². The summed E-state index contributed by atoms with van der Waals surface area (Å²) in [6, 6.07) is 10.7. The molecule has 1 fully saturated rings. The molecule has 0 bridgehead atoms. The van der Waals surface area contributed by atoms with Crippen LogP contribution in [0.1, 0.15) is 41.2 Å². The number of benzene rings is 1. The second kappa shape index (κ2) is 7.18. The Morgan fingerprint density at radius 2 is 1.92 bits per heavy atom. The number of nitrogens with zero attached hydrogens (tertiary/aromatic N) is 3. The van der Waals surface area contributed by atoms with Crippen LogP contribution in [-0.2, 0) is 7.05 Å². The Kier molecular flexibility index (Phi) is 5.00. The van der Waals surface area contributed by atoms with Crippen molar-refractivity contribution >= 4 is 17.5 Å². The van der Waals surface area contributed by atoms with E-state index in [1.807, 2.05) is 29.2 Å². The molecule has 1 aromatic heterocycles. The lowest BCUT2D eigenvalue weighted by molar-refractivity contribution is 0.0746. The van der Waals surface area contributed by atoms with Crippen LogP contribution in [-0.4, -0.2) is 33.7 Å². The minimum absolute atomic E-state index is 0.119. The quantitative estimate of drug-likeness (QED) is 0.841. The summed E-state index contributed by atoms with van der Waals surface area (Å²) in [4.78, 5) is 26.1. The van der Waals surface area contributed by atoms with Gasteiger partial charge in [0.05, 0.1) is 0 Å². The van der Waals surface area contributed by atoms with Crippen molar-refractivity contribution in [2.75, 3.05) is 13.1 Å². The SMILES string of the molecule is Cn1nc(C(=O)N2CCCCC(c3ccc(Cl)cc3)C2)ccc1=O. The summed E-state index contributed by atoms with van der Waals surface area (Å²) < 4.78 is 1.20. The van der Waals surface area contributed by atoms with Crippen LogP contribution in [0.25, 0.3) is 0 Å². The van der Waals surface area contributed by atoms with Gasteiger partial charge >= 0.3 is 0 Å². The Balaban J connectivity index is 1.81. The van der Waals surface area contributed by atoms with Gasteiger partial charge in [-0.2, -0.15) is 5.10 Å². The topological polar surface area (TPSA) is 55.2 Å². The normalized spacial score (nSPS) is 18.2. The summed E-state index contributed by atoms with van der Waals surface area (Å²) >= 11 is 5.97. The van der Waals surface area contributed by atoms with E-state index in [0.717, 1.165) is 24.3 Å². The first-order valence-corrected chi connectivity index (χ1v) is 8.51. The number of hydrogen-bond acceptors (Lipinski definition) is 3. The van der Waals surface area contributed by atoms with Crippen molar-refractivity contribution in [3.8, 4) is 0 Å². The zero-order valence-corrected chi connectivity index (χ0v) is 14.4.